The van der Waals surface area contributed by atoms with Gasteiger partial charge in [0.15, 0.2) is 0 Å². The number of carbonyl (C=O) groups excluding carboxylic acids is 2. The standard InChI is InChI=1S/C18H19Cl2N3O2/c1-11(22-13-7-8-14(19)15(20)10-13)18(25)23-16(17(21)24)9-12-5-3-2-4-6-12/h2-8,10-11,16,22H,9H2,1H3,(H2,21,24)(H,23,25)/t11?,16-/m0/s1. The van der Waals surface area contributed by atoms with Gasteiger partial charge in [-0.3, -0.25) is 9.59 Å². The number of rotatable bonds is 7. The van der Waals surface area contributed by atoms with Gasteiger partial charge >= 0.3 is 0 Å². The van der Waals surface area contributed by atoms with E-state index >= 15 is 0 Å². The van der Waals surface area contributed by atoms with Gasteiger partial charge in [0.25, 0.3) is 0 Å². The van der Waals surface area contributed by atoms with E-state index in [0.29, 0.717) is 22.2 Å². The number of hydrogen-bond acceptors (Lipinski definition) is 3. The van der Waals surface area contributed by atoms with Crippen molar-refractivity contribution in [2.45, 2.75) is 25.4 Å². The van der Waals surface area contributed by atoms with Crippen molar-refractivity contribution in [3.8, 4) is 0 Å². The van der Waals surface area contributed by atoms with E-state index in [-0.39, 0.29) is 5.91 Å². The zero-order valence-electron chi connectivity index (χ0n) is 13.6. The summed E-state index contributed by atoms with van der Waals surface area (Å²) in [5.41, 5.74) is 6.98. The van der Waals surface area contributed by atoms with E-state index in [1.807, 2.05) is 30.3 Å². The second-order valence-electron chi connectivity index (χ2n) is 5.65. The first-order chi connectivity index (χ1) is 11.9. The third kappa shape index (κ3) is 5.66. The summed E-state index contributed by atoms with van der Waals surface area (Å²) >= 11 is 11.8. The molecular weight excluding hydrogens is 361 g/mol. The van der Waals surface area contributed by atoms with Crippen molar-refractivity contribution in [3.05, 3.63) is 64.1 Å². The number of nitrogens with two attached hydrogens (primary N) is 1. The maximum Gasteiger partial charge on any atom is 0.242 e. The fourth-order valence-corrected chi connectivity index (χ4v) is 2.57. The minimum Gasteiger partial charge on any atom is -0.374 e. The second-order valence-corrected chi connectivity index (χ2v) is 6.46. The molecule has 0 radical (unpaired) electrons. The number of primary amides is 1. The Morgan fingerprint density at radius 1 is 1.08 bits per heavy atom. The molecule has 2 rings (SSSR count). The molecule has 0 spiro atoms. The first-order valence-corrected chi connectivity index (χ1v) is 8.47. The molecule has 4 N–H and O–H groups in total. The van der Waals surface area contributed by atoms with Crippen LogP contribution >= 0.6 is 23.2 Å². The van der Waals surface area contributed by atoms with Crippen LogP contribution in [0.4, 0.5) is 5.69 Å². The van der Waals surface area contributed by atoms with Crippen LogP contribution < -0.4 is 16.4 Å². The Hall–Kier alpha value is -2.24. The Morgan fingerprint density at radius 2 is 1.76 bits per heavy atom. The molecular formula is C18H19Cl2N3O2. The lowest BCUT2D eigenvalue weighted by Gasteiger charge is -2.20. The quantitative estimate of drug-likeness (QED) is 0.691. The van der Waals surface area contributed by atoms with E-state index in [4.69, 9.17) is 28.9 Å². The molecule has 2 aromatic carbocycles. The SMILES string of the molecule is CC(Nc1ccc(Cl)c(Cl)c1)C(=O)N[C@@H](Cc1ccccc1)C(N)=O. The van der Waals surface area contributed by atoms with Gasteiger partial charge in [-0.2, -0.15) is 0 Å². The Morgan fingerprint density at radius 3 is 2.36 bits per heavy atom. The Kier molecular flexibility index (Phi) is 6.67. The smallest absolute Gasteiger partial charge is 0.242 e. The normalized spacial score (nSPS) is 12.9. The van der Waals surface area contributed by atoms with Crippen LogP contribution in [0.1, 0.15) is 12.5 Å². The largest absolute Gasteiger partial charge is 0.374 e. The third-order valence-corrected chi connectivity index (χ3v) is 4.38. The predicted molar refractivity (Wildman–Crippen MR) is 101 cm³/mol. The van der Waals surface area contributed by atoms with Crippen LogP contribution in [-0.4, -0.2) is 23.9 Å². The van der Waals surface area contributed by atoms with Gasteiger partial charge in [-0.25, -0.2) is 0 Å². The van der Waals surface area contributed by atoms with Gasteiger partial charge in [0.2, 0.25) is 11.8 Å². The first-order valence-electron chi connectivity index (χ1n) is 7.72. The lowest BCUT2D eigenvalue weighted by atomic mass is 10.1. The molecule has 0 aliphatic heterocycles. The van der Waals surface area contributed by atoms with Gasteiger partial charge in [-0.15, -0.1) is 0 Å². The van der Waals surface area contributed by atoms with E-state index in [2.05, 4.69) is 10.6 Å². The summed E-state index contributed by atoms with van der Waals surface area (Å²) < 4.78 is 0. The molecule has 0 aromatic heterocycles. The summed E-state index contributed by atoms with van der Waals surface area (Å²) in [5, 5.41) is 6.51. The number of nitrogens with one attached hydrogen (secondary N) is 2. The highest BCUT2D eigenvalue weighted by atomic mass is 35.5. The van der Waals surface area contributed by atoms with Crippen LogP contribution in [0.15, 0.2) is 48.5 Å². The minimum atomic E-state index is -0.784. The van der Waals surface area contributed by atoms with Crippen LogP contribution in [0, 0.1) is 0 Å². The summed E-state index contributed by atoms with van der Waals surface area (Å²) in [6.45, 7) is 1.68. The molecule has 0 saturated carbocycles. The molecule has 2 amide bonds. The topological polar surface area (TPSA) is 84.2 Å². The van der Waals surface area contributed by atoms with Crippen molar-refractivity contribution in [1.29, 1.82) is 0 Å². The molecule has 0 aliphatic carbocycles. The van der Waals surface area contributed by atoms with Crippen LogP contribution in [0.2, 0.25) is 10.0 Å². The van der Waals surface area contributed by atoms with Gasteiger partial charge < -0.3 is 16.4 Å². The van der Waals surface area contributed by atoms with Crippen LogP contribution in [-0.2, 0) is 16.0 Å². The molecule has 0 saturated heterocycles. The van der Waals surface area contributed by atoms with E-state index in [1.165, 1.54) is 0 Å². The van der Waals surface area contributed by atoms with E-state index in [1.54, 1.807) is 25.1 Å². The maximum atomic E-state index is 12.4. The van der Waals surface area contributed by atoms with Gasteiger partial charge in [-0.1, -0.05) is 53.5 Å². The third-order valence-electron chi connectivity index (χ3n) is 3.64. The van der Waals surface area contributed by atoms with Crippen molar-refractivity contribution in [3.63, 3.8) is 0 Å². The number of carbonyl (C=O) groups is 2. The summed E-state index contributed by atoms with van der Waals surface area (Å²) in [6.07, 6.45) is 0.335. The minimum absolute atomic E-state index is 0.335. The van der Waals surface area contributed by atoms with Gasteiger partial charge in [-0.05, 0) is 30.7 Å². The van der Waals surface area contributed by atoms with Crippen molar-refractivity contribution in [2.24, 2.45) is 5.73 Å². The summed E-state index contributed by atoms with van der Waals surface area (Å²) in [5.74, 6) is -0.926. The zero-order valence-corrected chi connectivity index (χ0v) is 15.1. The molecule has 1 unspecified atom stereocenters. The molecule has 25 heavy (non-hydrogen) atoms. The lowest BCUT2D eigenvalue weighted by Crippen LogP contribution is -2.50. The fourth-order valence-electron chi connectivity index (χ4n) is 2.27. The molecule has 7 heteroatoms. The highest BCUT2D eigenvalue weighted by Crippen LogP contribution is 2.25. The second kappa shape index (κ2) is 8.74. The Labute approximate surface area is 156 Å². The van der Waals surface area contributed by atoms with Gasteiger partial charge in [0.1, 0.15) is 12.1 Å². The Bertz CT molecular complexity index is 753. The average Bonchev–Trinajstić information content (AvgIpc) is 2.58. The molecule has 2 aromatic rings. The van der Waals surface area contributed by atoms with Crippen molar-refractivity contribution >= 4 is 40.7 Å². The molecule has 0 heterocycles. The first kappa shape index (κ1) is 19.1. The zero-order chi connectivity index (χ0) is 18.4. The highest BCUT2D eigenvalue weighted by molar-refractivity contribution is 6.42. The van der Waals surface area contributed by atoms with Gasteiger partial charge in [0, 0.05) is 12.1 Å². The fraction of sp³-hybridized carbons (Fsp3) is 0.222. The molecule has 5 nitrogen and oxygen atoms in total. The Balaban J connectivity index is 1.99. The number of hydrogen-bond donors (Lipinski definition) is 3. The van der Waals surface area contributed by atoms with Gasteiger partial charge in [0.05, 0.1) is 10.0 Å². The predicted octanol–water partition coefficient (Wildman–Crippen LogP) is 3.01. The van der Waals surface area contributed by atoms with E-state index in [0.717, 1.165) is 5.56 Å². The highest BCUT2D eigenvalue weighted by Gasteiger charge is 2.22. The monoisotopic (exact) mass is 379 g/mol. The molecule has 0 bridgehead atoms. The summed E-state index contributed by atoms with van der Waals surface area (Å²) in [4.78, 5) is 24.0. The molecule has 0 fully saturated rings. The number of halogens is 2. The summed E-state index contributed by atoms with van der Waals surface area (Å²) in [6, 6.07) is 13.0. The summed E-state index contributed by atoms with van der Waals surface area (Å²) in [7, 11) is 0. The van der Waals surface area contributed by atoms with Crippen molar-refractivity contribution in [2.75, 3.05) is 5.32 Å². The molecule has 0 aliphatic rings. The average molecular weight is 380 g/mol. The molecule has 2 atom stereocenters. The molecule has 132 valence electrons. The number of benzene rings is 2. The van der Waals surface area contributed by atoms with Crippen LogP contribution in [0.3, 0.4) is 0 Å². The maximum absolute atomic E-state index is 12.4. The van der Waals surface area contributed by atoms with E-state index < -0.39 is 18.0 Å². The van der Waals surface area contributed by atoms with Crippen molar-refractivity contribution < 1.29 is 9.59 Å². The number of amides is 2. The van der Waals surface area contributed by atoms with E-state index in [9.17, 15) is 9.59 Å². The van der Waals surface area contributed by atoms with Crippen molar-refractivity contribution in [1.82, 2.24) is 5.32 Å². The van der Waals surface area contributed by atoms with Crippen LogP contribution in [0.25, 0.3) is 0 Å². The number of anilines is 1. The lowest BCUT2D eigenvalue weighted by molar-refractivity contribution is -0.127. The van der Waals surface area contributed by atoms with Crippen LogP contribution in [0.5, 0.6) is 0 Å².